The van der Waals surface area contributed by atoms with Crippen LogP contribution >= 0.6 is 0 Å². The average Bonchev–Trinajstić information content (AvgIpc) is 2.71. The van der Waals surface area contributed by atoms with E-state index in [9.17, 15) is 9.18 Å². The number of benzene rings is 2. The molecule has 0 radical (unpaired) electrons. The highest BCUT2D eigenvalue weighted by atomic mass is 19.1. The summed E-state index contributed by atoms with van der Waals surface area (Å²) in [5.74, 6) is 4.46. The zero-order valence-electron chi connectivity index (χ0n) is 14.8. The second-order valence-corrected chi connectivity index (χ2v) is 4.71. The largest absolute Gasteiger partial charge is 0.366 e. The zero-order chi connectivity index (χ0) is 19.2. The van der Waals surface area contributed by atoms with Crippen molar-refractivity contribution in [1.29, 1.82) is 0 Å². The van der Waals surface area contributed by atoms with Crippen LogP contribution in [-0.2, 0) is 0 Å². The van der Waals surface area contributed by atoms with E-state index >= 15 is 0 Å². The maximum Gasteiger partial charge on any atom is 0.250 e. The molecule has 0 aliphatic heterocycles. The topological polar surface area (TPSA) is 56.0 Å². The summed E-state index contributed by atoms with van der Waals surface area (Å²) < 4.78 is 13.3. The highest BCUT2D eigenvalue weighted by molar-refractivity contribution is 5.92. The van der Waals surface area contributed by atoms with Crippen LogP contribution in [0.25, 0.3) is 0 Å². The van der Waals surface area contributed by atoms with E-state index < -0.39 is 5.91 Å². The summed E-state index contributed by atoms with van der Waals surface area (Å²) in [4.78, 5) is 14.8. The Kier molecular flexibility index (Phi) is 9.50. The van der Waals surface area contributed by atoms with Gasteiger partial charge in [0.05, 0.1) is 11.1 Å². The standard InChI is InChI=1S/C14H9FN2O.C6H6.C2H6/c15-13-4-2-1-3-11(13)6-5-10-7-12(14(16)18)9-17-8-10;1-2-4-6-5-3-1;1-2/h1-4,7-9H,(H2,16,18);1-6H;1-2H3. The summed E-state index contributed by atoms with van der Waals surface area (Å²) in [5, 5.41) is 0. The van der Waals surface area contributed by atoms with E-state index in [1.54, 1.807) is 18.2 Å². The molecular formula is C22H21FN2O. The van der Waals surface area contributed by atoms with E-state index in [0.29, 0.717) is 11.1 Å². The van der Waals surface area contributed by atoms with Gasteiger partial charge in [-0.1, -0.05) is 74.2 Å². The molecule has 0 saturated heterocycles. The zero-order valence-corrected chi connectivity index (χ0v) is 14.8. The van der Waals surface area contributed by atoms with Gasteiger partial charge in [-0.25, -0.2) is 4.39 Å². The SMILES string of the molecule is CC.NC(=O)c1cncc(C#Cc2ccccc2F)c1.c1ccccc1. The molecule has 132 valence electrons. The molecule has 0 spiro atoms. The maximum absolute atomic E-state index is 13.3. The lowest BCUT2D eigenvalue weighted by atomic mass is 10.1. The Morgan fingerprint density at radius 3 is 2.04 bits per heavy atom. The van der Waals surface area contributed by atoms with Crippen molar-refractivity contribution in [2.24, 2.45) is 5.73 Å². The first kappa shape index (κ1) is 20.6. The number of rotatable bonds is 1. The maximum atomic E-state index is 13.3. The number of hydrogen-bond donors (Lipinski definition) is 1. The van der Waals surface area contributed by atoms with Crippen molar-refractivity contribution in [3.63, 3.8) is 0 Å². The van der Waals surface area contributed by atoms with Gasteiger partial charge in [0.15, 0.2) is 0 Å². The number of carbonyl (C=O) groups is 1. The van der Waals surface area contributed by atoms with Crippen LogP contribution in [0.15, 0.2) is 79.1 Å². The summed E-state index contributed by atoms with van der Waals surface area (Å²) in [6.07, 6.45) is 2.84. The Labute approximate surface area is 153 Å². The van der Waals surface area contributed by atoms with Crippen molar-refractivity contribution in [3.8, 4) is 11.8 Å². The van der Waals surface area contributed by atoms with Gasteiger partial charge in [0.2, 0.25) is 5.91 Å². The van der Waals surface area contributed by atoms with Crippen LogP contribution in [0.2, 0.25) is 0 Å². The van der Waals surface area contributed by atoms with Crippen LogP contribution in [0, 0.1) is 17.7 Å². The number of carbonyl (C=O) groups excluding carboxylic acids is 1. The minimum Gasteiger partial charge on any atom is -0.366 e. The highest BCUT2D eigenvalue weighted by Crippen LogP contribution is 2.05. The summed E-state index contributed by atoms with van der Waals surface area (Å²) >= 11 is 0. The van der Waals surface area contributed by atoms with Crippen molar-refractivity contribution in [2.45, 2.75) is 13.8 Å². The molecular weight excluding hydrogens is 327 g/mol. The van der Waals surface area contributed by atoms with Crippen molar-refractivity contribution in [3.05, 3.63) is 102 Å². The van der Waals surface area contributed by atoms with E-state index in [1.165, 1.54) is 24.5 Å². The third kappa shape index (κ3) is 7.41. The first-order chi connectivity index (χ1) is 12.7. The van der Waals surface area contributed by atoms with Crippen LogP contribution < -0.4 is 5.73 Å². The van der Waals surface area contributed by atoms with Gasteiger partial charge in [-0.05, 0) is 18.2 Å². The first-order valence-corrected chi connectivity index (χ1v) is 8.18. The fraction of sp³-hybridized carbons (Fsp3) is 0.0909. The van der Waals surface area contributed by atoms with Crippen molar-refractivity contribution in [2.75, 3.05) is 0 Å². The molecule has 0 fully saturated rings. The third-order valence-electron chi connectivity index (χ3n) is 2.90. The molecule has 0 aliphatic rings. The van der Waals surface area contributed by atoms with Crippen LogP contribution in [0.3, 0.4) is 0 Å². The molecule has 0 unspecified atom stereocenters. The van der Waals surface area contributed by atoms with Gasteiger partial charge >= 0.3 is 0 Å². The molecule has 0 saturated carbocycles. The summed E-state index contributed by atoms with van der Waals surface area (Å²) in [6, 6.07) is 19.7. The number of aromatic nitrogens is 1. The summed E-state index contributed by atoms with van der Waals surface area (Å²) in [5.41, 5.74) is 6.20. The molecule has 3 rings (SSSR count). The van der Waals surface area contributed by atoms with Crippen LogP contribution in [-0.4, -0.2) is 10.9 Å². The molecule has 2 aromatic carbocycles. The molecule has 0 aliphatic carbocycles. The molecule has 0 atom stereocenters. The second kappa shape index (κ2) is 12.0. The Balaban J connectivity index is 0.000000353. The molecule has 3 nitrogen and oxygen atoms in total. The van der Waals surface area contributed by atoms with E-state index in [4.69, 9.17) is 5.73 Å². The number of primary amides is 1. The quantitative estimate of drug-likeness (QED) is 0.661. The number of nitrogens with two attached hydrogens (primary N) is 1. The molecule has 1 amide bonds. The van der Waals surface area contributed by atoms with E-state index in [1.807, 2.05) is 50.2 Å². The number of amides is 1. The Bertz CT molecular complexity index is 841. The second-order valence-electron chi connectivity index (χ2n) is 4.71. The van der Waals surface area contributed by atoms with E-state index in [2.05, 4.69) is 16.8 Å². The van der Waals surface area contributed by atoms with Gasteiger partial charge in [-0.3, -0.25) is 9.78 Å². The predicted octanol–water partition coefficient (Wildman–Crippen LogP) is 4.43. The van der Waals surface area contributed by atoms with Crippen molar-refractivity contribution < 1.29 is 9.18 Å². The Morgan fingerprint density at radius 1 is 0.923 bits per heavy atom. The van der Waals surface area contributed by atoms with Crippen molar-refractivity contribution >= 4 is 5.91 Å². The molecule has 2 N–H and O–H groups in total. The first-order valence-electron chi connectivity index (χ1n) is 8.18. The fourth-order valence-electron chi connectivity index (χ4n) is 1.73. The van der Waals surface area contributed by atoms with Crippen LogP contribution in [0.1, 0.15) is 35.3 Å². The monoisotopic (exact) mass is 348 g/mol. The Hall–Kier alpha value is -3.45. The summed E-state index contributed by atoms with van der Waals surface area (Å²) in [7, 11) is 0. The van der Waals surface area contributed by atoms with Gasteiger partial charge in [-0.2, -0.15) is 0 Å². The predicted molar refractivity (Wildman–Crippen MR) is 103 cm³/mol. The fourth-order valence-corrected chi connectivity index (χ4v) is 1.73. The van der Waals surface area contributed by atoms with Gasteiger partial charge in [0, 0.05) is 18.0 Å². The van der Waals surface area contributed by atoms with E-state index in [-0.39, 0.29) is 11.4 Å². The van der Waals surface area contributed by atoms with Gasteiger partial charge in [-0.15, -0.1) is 0 Å². The molecule has 1 aromatic heterocycles. The summed E-state index contributed by atoms with van der Waals surface area (Å²) in [6.45, 7) is 4.00. The average molecular weight is 348 g/mol. The Morgan fingerprint density at radius 2 is 1.50 bits per heavy atom. The molecule has 3 aromatic rings. The van der Waals surface area contributed by atoms with Crippen LogP contribution in [0.5, 0.6) is 0 Å². The van der Waals surface area contributed by atoms with Crippen LogP contribution in [0.4, 0.5) is 4.39 Å². The lowest BCUT2D eigenvalue weighted by molar-refractivity contribution is 0.1000. The number of nitrogens with zero attached hydrogens (tertiary/aromatic N) is 1. The van der Waals surface area contributed by atoms with Crippen molar-refractivity contribution in [1.82, 2.24) is 4.98 Å². The molecule has 4 heteroatoms. The van der Waals surface area contributed by atoms with E-state index in [0.717, 1.165) is 0 Å². The van der Waals surface area contributed by atoms with Gasteiger partial charge < -0.3 is 5.73 Å². The smallest absolute Gasteiger partial charge is 0.250 e. The normalized spacial score (nSPS) is 8.58. The van der Waals surface area contributed by atoms with Gasteiger partial charge in [0.1, 0.15) is 5.82 Å². The van der Waals surface area contributed by atoms with Gasteiger partial charge in [0.25, 0.3) is 0 Å². The highest BCUT2D eigenvalue weighted by Gasteiger charge is 2.00. The minimum absolute atomic E-state index is 0.273. The lowest BCUT2D eigenvalue weighted by Gasteiger charge is -1.95. The molecule has 1 heterocycles. The minimum atomic E-state index is -0.572. The number of halogens is 1. The molecule has 0 bridgehead atoms. The molecule has 26 heavy (non-hydrogen) atoms. The number of hydrogen-bond acceptors (Lipinski definition) is 2. The third-order valence-corrected chi connectivity index (χ3v) is 2.90. The number of pyridine rings is 1. The lowest BCUT2D eigenvalue weighted by Crippen LogP contribution is -2.11.